The Bertz CT molecular complexity index is 461. The fourth-order valence-corrected chi connectivity index (χ4v) is 1.52. The molecule has 1 aromatic carbocycles. The Morgan fingerprint density at radius 2 is 2.07 bits per heavy atom. The van der Waals surface area contributed by atoms with Crippen LogP contribution in [0.5, 0.6) is 0 Å². The minimum Gasteiger partial charge on any atom is -0.397 e. The molecule has 0 amide bonds. The first kappa shape index (κ1) is 9.00. The number of para-hydroxylation sites is 1. The van der Waals surface area contributed by atoms with Crippen LogP contribution in [0.4, 0.5) is 5.69 Å². The summed E-state index contributed by atoms with van der Waals surface area (Å²) in [6, 6.07) is 8.04. The molecular weight excluding hydrogens is 172 g/mol. The van der Waals surface area contributed by atoms with Crippen molar-refractivity contribution in [1.82, 2.24) is 4.98 Å². The van der Waals surface area contributed by atoms with Crippen molar-refractivity contribution in [2.45, 2.75) is 19.8 Å². The summed E-state index contributed by atoms with van der Waals surface area (Å²) in [5.74, 6) is 0.508. The van der Waals surface area contributed by atoms with Gasteiger partial charge in [0, 0.05) is 11.6 Å². The zero-order chi connectivity index (χ0) is 10.1. The normalized spacial score (nSPS) is 11.1. The van der Waals surface area contributed by atoms with Crippen molar-refractivity contribution >= 4 is 16.6 Å². The maximum atomic E-state index is 5.82. The molecule has 0 aliphatic carbocycles. The first-order valence-electron chi connectivity index (χ1n) is 4.82. The lowest BCUT2D eigenvalue weighted by Gasteiger charge is -2.06. The number of benzene rings is 1. The smallest absolute Gasteiger partial charge is 0.0931 e. The summed E-state index contributed by atoms with van der Waals surface area (Å²) in [6.45, 7) is 4.32. The van der Waals surface area contributed by atoms with Gasteiger partial charge in [0.2, 0.25) is 0 Å². The molecule has 2 rings (SSSR count). The van der Waals surface area contributed by atoms with Crippen LogP contribution in [0.1, 0.15) is 25.3 Å². The van der Waals surface area contributed by atoms with Gasteiger partial charge in [-0.2, -0.15) is 0 Å². The zero-order valence-electron chi connectivity index (χ0n) is 8.49. The van der Waals surface area contributed by atoms with E-state index in [-0.39, 0.29) is 0 Å². The number of pyridine rings is 1. The van der Waals surface area contributed by atoms with Crippen LogP contribution in [0.2, 0.25) is 0 Å². The van der Waals surface area contributed by atoms with Gasteiger partial charge in [0.1, 0.15) is 0 Å². The van der Waals surface area contributed by atoms with Crippen molar-refractivity contribution in [2.24, 2.45) is 0 Å². The standard InChI is InChI=1S/C12H14N2/c1-8(2)10-6-9-4-3-5-11(13)12(9)14-7-10/h3-8H,13H2,1-2H3. The van der Waals surface area contributed by atoms with Gasteiger partial charge in [-0.25, -0.2) is 0 Å². The Kier molecular flexibility index (Phi) is 2.12. The van der Waals surface area contributed by atoms with Crippen LogP contribution >= 0.6 is 0 Å². The van der Waals surface area contributed by atoms with Gasteiger partial charge in [-0.15, -0.1) is 0 Å². The Labute approximate surface area is 83.8 Å². The third kappa shape index (κ3) is 1.43. The Balaban J connectivity index is 2.67. The molecule has 2 aromatic rings. The summed E-state index contributed by atoms with van der Waals surface area (Å²) in [7, 11) is 0. The molecule has 0 radical (unpaired) electrons. The fourth-order valence-electron chi connectivity index (χ4n) is 1.52. The van der Waals surface area contributed by atoms with Gasteiger partial charge in [-0.3, -0.25) is 4.98 Å². The van der Waals surface area contributed by atoms with Crippen molar-refractivity contribution in [3.8, 4) is 0 Å². The second-order valence-corrected chi connectivity index (χ2v) is 3.84. The van der Waals surface area contributed by atoms with E-state index < -0.39 is 0 Å². The average molecular weight is 186 g/mol. The number of nitrogens with two attached hydrogens (primary N) is 1. The number of hydrogen-bond donors (Lipinski definition) is 1. The van der Waals surface area contributed by atoms with Crippen LogP contribution in [0.3, 0.4) is 0 Å². The highest BCUT2D eigenvalue weighted by Gasteiger charge is 2.03. The van der Waals surface area contributed by atoms with E-state index in [1.165, 1.54) is 5.56 Å². The second-order valence-electron chi connectivity index (χ2n) is 3.84. The zero-order valence-corrected chi connectivity index (χ0v) is 8.49. The van der Waals surface area contributed by atoms with Crippen molar-refractivity contribution in [3.63, 3.8) is 0 Å². The first-order chi connectivity index (χ1) is 6.68. The van der Waals surface area contributed by atoms with Gasteiger partial charge in [0.05, 0.1) is 11.2 Å². The third-order valence-corrected chi connectivity index (χ3v) is 2.43. The maximum absolute atomic E-state index is 5.82. The van der Waals surface area contributed by atoms with Gasteiger partial charge < -0.3 is 5.73 Å². The highest BCUT2D eigenvalue weighted by atomic mass is 14.7. The molecule has 2 nitrogen and oxygen atoms in total. The van der Waals surface area contributed by atoms with Gasteiger partial charge in [-0.05, 0) is 23.6 Å². The number of nitrogens with zero attached hydrogens (tertiary/aromatic N) is 1. The van der Waals surface area contributed by atoms with Crippen molar-refractivity contribution in [1.29, 1.82) is 0 Å². The first-order valence-corrected chi connectivity index (χ1v) is 4.82. The number of fused-ring (bicyclic) bond motifs is 1. The predicted molar refractivity (Wildman–Crippen MR) is 60.2 cm³/mol. The summed E-state index contributed by atoms with van der Waals surface area (Å²) >= 11 is 0. The van der Waals surface area contributed by atoms with Gasteiger partial charge in [0.15, 0.2) is 0 Å². The number of hydrogen-bond acceptors (Lipinski definition) is 2. The molecule has 14 heavy (non-hydrogen) atoms. The van der Waals surface area contributed by atoms with Gasteiger partial charge in [0.25, 0.3) is 0 Å². The highest BCUT2D eigenvalue weighted by molar-refractivity contribution is 5.89. The van der Waals surface area contributed by atoms with Crippen LogP contribution in [0, 0.1) is 0 Å². The van der Waals surface area contributed by atoms with E-state index in [1.54, 1.807) is 0 Å². The second kappa shape index (κ2) is 3.29. The van der Waals surface area contributed by atoms with Crippen LogP contribution in [-0.4, -0.2) is 4.98 Å². The third-order valence-electron chi connectivity index (χ3n) is 2.43. The van der Waals surface area contributed by atoms with E-state index >= 15 is 0 Å². The number of anilines is 1. The monoisotopic (exact) mass is 186 g/mol. The van der Waals surface area contributed by atoms with Gasteiger partial charge >= 0.3 is 0 Å². The molecule has 0 aliphatic heterocycles. The van der Waals surface area contributed by atoms with Crippen molar-refractivity contribution < 1.29 is 0 Å². The van der Waals surface area contributed by atoms with Crippen LogP contribution in [0.15, 0.2) is 30.5 Å². The van der Waals surface area contributed by atoms with Crippen molar-refractivity contribution in [2.75, 3.05) is 5.73 Å². The molecule has 2 heteroatoms. The molecular formula is C12H14N2. The van der Waals surface area contributed by atoms with Crippen molar-refractivity contribution in [3.05, 3.63) is 36.0 Å². The molecule has 1 aromatic heterocycles. The molecule has 0 saturated heterocycles. The molecule has 0 saturated carbocycles. The minimum absolute atomic E-state index is 0.508. The Morgan fingerprint density at radius 3 is 2.79 bits per heavy atom. The Hall–Kier alpha value is -1.57. The van der Waals surface area contributed by atoms with Crippen LogP contribution in [0.25, 0.3) is 10.9 Å². The molecule has 0 unspecified atom stereocenters. The van der Waals surface area contributed by atoms with E-state index in [2.05, 4.69) is 24.9 Å². The molecule has 0 aliphatic rings. The minimum atomic E-state index is 0.508. The SMILES string of the molecule is CC(C)c1cnc2c(N)cccc2c1. The summed E-state index contributed by atoms with van der Waals surface area (Å²) in [6.07, 6.45) is 1.91. The van der Waals surface area contributed by atoms with E-state index in [0.717, 1.165) is 16.6 Å². The topological polar surface area (TPSA) is 38.9 Å². The molecule has 1 heterocycles. The summed E-state index contributed by atoms with van der Waals surface area (Å²) in [5.41, 5.74) is 8.72. The quantitative estimate of drug-likeness (QED) is 0.695. The summed E-state index contributed by atoms with van der Waals surface area (Å²) in [4.78, 5) is 4.38. The molecule has 0 spiro atoms. The predicted octanol–water partition coefficient (Wildman–Crippen LogP) is 2.94. The summed E-state index contributed by atoms with van der Waals surface area (Å²) < 4.78 is 0. The van der Waals surface area contributed by atoms with E-state index in [4.69, 9.17) is 5.73 Å². The lowest BCUT2D eigenvalue weighted by atomic mass is 10.0. The van der Waals surface area contributed by atoms with E-state index in [1.807, 2.05) is 24.4 Å². The number of aromatic nitrogens is 1. The summed E-state index contributed by atoms with van der Waals surface area (Å²) in [5, 5.41) is 1.12. The van der Waals surface area contributed by atoms with E-state index in [9.17, 15) is 0 Å². The maximum Gasteiger partial charge on any atom is 0.0931 e. The van der Waals surface area contributed by atoms with E-state index in [0.29, 0.717) is 5.92 Å². The number of nitrogen functional groups attached to an aromatic ring is 1. The highest BCUT2D eigenvalue weighted by Crippen LogP contribution is 2.22. The molecule has 72 valence electrons. The lowest BCUT2D eigenvalue weighted by molar-refractivity contribution is 0.862. The van der Waals surface area contributed by atoms with Crippen LogP contribution in [-0.2, 0) is 0 Å². The fraction of sp³-hybridized carbons (Fsp3) is 0.250. The molecule has 0 atom stereocenters. The Morgan fingerprint density at radius 1 is 1.29 bits per heavy atom. The largest absolute Gasteiger partial charge is 0.397 e. The van der Waals surface area contributed by atoms with Crippen LogP contribution < -0.4 is 5.73 Å². The molecule has 0 fully saturated rings. The molecule has 0 bridgehead atoms. The lowest BCUT2D eigenvalue weighted by Crippen LogP contribution is -1.93. The average Bonchev–Trinajstić information content (AvgIpc) is 2.17. The number of rotatable bonds is 1. The van der Waals surface area contributed by atoms with Gasteiger partial charge in [-0.1, -0.05) is 26.0 Å². The molecule has 2 N–H and O–H groups in total.